The molecule has 0 aliphatic heterocycles. The van der Waals surface area contributed by atoms with Crippen LogP contribution in [-0.4, -0.2) is 30.3 Å². The van der Waals surface area contributed by atoms with Crippen molar-refractivity contribution in [2.45, 2.75) is 4.90 Å². The summed E-state index contributed by atoms with van der Waals surface area (Å²) < 4.78 is 27.4. The number of rotatable bonds is 5. The van der Waals surface area contributed by atoms with Crippen molar-refractivity contribution < 1.29 is 13.2 Å². The molecule has 0 bridgehead atoms. The highest BCUT2D eigenvalue weighted by molar-refractivity contribution is 7.92. The molecule has 2 aromatic carbocycles. The number of hydrogen-bond donors (Lipinski definition) is 4. The lowest BCUT2D eigenvalue weighted by atomic mass is 10.2. The number of nitrogens with one attached hydrogen (secondary N) is 3. The fourth-order valence-corrected chi connectivity index (χ4v) is 3.26. The van der Waals surface area contributed by atoms with Gasteiger partial charge in [0.15, 0.2) is 0 Å². The number of hydrogen-bond acceptors (Lipinski definition) is 5. The summed E-state index contributed by atoms with van der Waals surface area (Å²) in [4.78, 5) is 11.4. The second-order valence-electron chi connectivity index (χ2n) is 5.01. The Balaban J connectivity index is 1.80. The van der Waals surface area contributed by atoms with Crippen molar-refractivity contribution in [3.63, 3.8) is 0 Å². The van der Waals surface area contributed by atoms with Gasteiger partial charge in [-0.25, -0.2) is 8.42 Å². The molecule has 1 amide bonds. The monoisotopic (exact) mass is 362 g/mol. The summed E-state index contributed by atoms with van der Waals surface area (Å²) in [6.45, 7) is 0. The topological polar surface area (TPSA) is 104 Å². The van der Waals surface area contributed by atoms with E-state index in [0.29, 0.717) is 11.4 Å². The van der Waals surface area contributed by atoms with Gasteiger partial charge in [0.1, 0.15) is 0 Å². The number of amides is 1. The second kappa shape index (κ2) is 6.54. The minimum absolute atomic E-state index is 0.0533. The lowest BCUT2D eigenvalue weighted by molar-refractivity contribution is -0.113. The number of benzene rings is 2. The maximum Gasteiger partial charge on any atom is 0.261 e. The van der Waals surface area contributed by atoms with Gasteiger partial charge in [-0.15, -0.1) is 0 Å². The minimum atomic E-state index is -3.73. The molecule has 124 valence electrons. The van der Waals surface area contributed by atoms with Crippen LogP contribution < -0.4 is 10.0 Å². The van der Waals surface area contributed by atoms with Crippen LogP contribution in [0.15, 0.2) is 53.6 Å². The van der Waals surface area contributed by atoms with Crippen LogP contribution >= 0.6 is 12.6 Å². The first-order chi connectivity index (χ1) is 11.5. The Morgan fingerprint density at radius 1 is 1.12 bits per heavy atom. The lowest BCUT2D eigenvalue weighted by Crippen LogP contribution is -2.14. The third kappa shape index (κ3) is 3.52. The largest absolute Gasteiger partial charge is 0.325 e. The number of carbonyl (C=O) groups is 1. The molecule has 0 aliphatic carbocycles. The molecule has 1 heterocycles. The number of thiol groups is 1. The number of nitrogens with zero attached hydrogens (tertiary/aromatic N) is 1. The average Bonchev–Trinajstić information content (AvgIpc) is 3.02. The van der Waals surface area contributed by atoms with Crippen molar-refractivity contribution in [2.75, 3.05) is 15.8 Å². The molecule has 0 fully saturated rings. The van der Waals surface area contributed by atoms with Crippen molar-refractivity contribution >= 4 is 50.8 Å². The maximum absolute atomic E-state index is 12.4. The molecule has 9 heteroatoms. The van der Waals surface area contributed by atoms with E-state index in [1.54, 1.807) is 24.4 Å². The molecule has 0 spiro atoms. The Labute approximate surface area is 143 Å². The molecule has 1 aromatic heterocycles. The number of sulfonamides is 1. The van der Waals surface area contributed by atoms with Gasteiger partial charge in [0.25, 0.3) is 10.0 Å². The molecular formula is C15H14N4O3S2. The summed E-state index contributed by atoms with van der Waals surface area (Å²) in [5.41, 5.74) is 1.67. The molecule has 0 atom stereocenters. The summed E-state index contributed by atoms with van der Waals surface area (Å²) >= 11 is 3.86. The van der Waals surface area contributed by atoms with E-state index in [1.165, 1.54) is 24.3 Å². The van der Waals surface area contributed by atoms with Crippen molar-refractivity contribution in [3.8, 4) is 0 Å². The van der Waals surface area contributed by atoms with Crippen LogP contribution in [0.2, 0.25) is 0 Å². The third-order valence-corrected chi connectivity index (χ3v) is 4.97. The Kier molecular flexibility index (Phi) is 4.45. The zero-order valence-electron chi connectivity index (χ0n) is 12.4. The van der Waals surface area contributed by atoms with Crippen LogP contribution in [0.1, 0.15) is 0 Å². The fraction of sp³-hybridized carbons (Fsp3) is 0.0667. The molecule has 0 saturated heterocycles. The van der Waals surface area contributed by atoms with Crippen molar-refractivity contribution in [2.24, 2.45) is 0 Å². The Morgan fingerprint density at radius 3 is 2.54 bits per heavy atom. The Hall–Kier alpha value is -2.52. The summed E-state index contributed by atoms with van der Waals surface area (Å²) in [7, 11) is -3.73. The number of carbonyl (C=O) groups excluding carboxylic acids is 1. The van der Waals surface area contributed by atoms with Gasteiger partial charge in [-0.1, -0.05) is 0 Å². The third-order valence-electron chi connectivity index (χ3n) is 3.29. The number of H-pyrrole nitrogens is 1. The van der Waals surface area contributed by atoms with Crippen molar-refractivity contribution in [1.29, 1.82) is 0 Å². The highest BCUT2D eigenvalue weighted by Crippen LogP contribution is 2.21. The molecule has 0 aliphatic rings. The molecule has 3 aromatic rings. The van der Waals surface area contributed by atoms with Crippen molar-refractivity contribution in [1.82, 2.24) is 10.2 Å². The van der Waals surface area contributed by atoms with Gasteiger partial charge in [-0.3, -0.25) is 14.6 Å². The molecule has 0 unspecified atom stereocenters. The molecule has 0 radical (unpaired) electrons. The van der Waals surface area contributed by atoms with Gasteiger partial charge >= 0.3 is 0 Å². The standard InChI is InChI=1S/C15H14N4O3S2/c20-15(9-23)17-11-3-5-13(6-4-11)24(21,22)19-12-2-1-10-8-16-18-14(10)7-12/h1-8,19,23H,9H2,(H,16,18)(H,17,20). The van der Waals surface area contributed by atoms with E-state index in [1.807, 2.05) is 0 Å². The van der Waals surface area contributed by atoms with Gasteiger partial charge in [0.05, 0.1) is 28.0 Å². The highest BCUT2D eigenvalue weighted by atomic mass is 32.2. The Morgan fingerprint density at radius 2 is 1.83 bits per heavy atom. The molecule has 24 heavy (non-hydrogen) atoms. The van der Waals surface area contributed by atoms with E-state index in [-0.39, 0.29) is 16.6 Å². The summed E-state index contributed by atoms with van der Waals surface area (Å²) in [6.07, 6.45) is 1.66. The second-order valence-corrected chi connectivity index (χ2v) is 7.01. The van der Waals surface area contributed by atoms with Gasteiger partial charge in [-0.2, -0.15) is 17.7 Å². The molecule has 7 nitrogen and oxygen atoms in total. The quantitative estimate of drug-likeness (QED) is 0.523. The predicted octanol–water partition coefficient (Wildman–Crippen LogP) is 2.23. The lowest BCUT2D eigenvalue weighted by Gasteiger charge is -2.09. The number of fused-ring (bicyclic) bond motifs is 1. The molecule has 0 saturated carbocycles. The SMILES string of the molecule is O=C(CS)Nc1ccc(S(=O)(=O)Nc2ccc3cn[nH]c3c2)cc1. The highest BCUT2D eigenvalue weighted by Gasteiger charge is 2.14. The first kappa shape index (κ1) is 16.3. The maximum atomic E-state index is 12.4. The van der Waals surface area contributed by atoms with Crippen LogP contribution in [0.5, 0.6) is 0 Å². The van der Waals surface area contributed by atoms with E-state index in [0.717, 1.165) is 10.9 Å². The van der Waals surface area contributed by atoms with Gasteiger partial charge in [0, 0.05) is 11.1 Å². The van der Waals surface area contributed by atoms with E-state index < -0.39 is 10.0 Å². The molecule has 3 rings (SSSR count). The molecule has 3 N–H and O–H groups in total. The van der Waals surface area contributed by atoms with Crippen LogP contribution in [0.25, 0.3) is 10.9 Å². The number of aromatic nitrogens is 2. The van der Waals surface area contributed by atoms with E-state index in [2.05, 4.69) is 32.9 Å². The van der Waals surface area contributed by atoms with Crippen LogP contribution in [0, 0.1) is 0 Å². The van der Waals surface area contributed by atoms with Crippen LogP contribution in [0.3, 0.4) is 0 Å². The van der Waals surface area contributed by atoms with Gasteiger partial charge < -0.3 is 5.32 Å². The predicted molar refractivity (Wildman–Crippen MR) is 95.8 cm³/mol. The zero-order valence-corrected chi connectivity index (χ0v) is 14.1. The fourth-order valence-electron chi connectivity index (χ4n) is 2.13. The smallest absolute Gasteiger partial charge is 0.261 e. The number of aromatic amines is 1. The minimum Gasteiger partial charge on any atom is -0.325 e. The first-order valence-corrected chi connectivity index (χ1v) is 9.06. The average molecular weight is 362 g/mol. The van der Waals surface area contributed by atoms with Crippen LogP contribution in [0.4, 0.5) is 11.4 Å². The van der Waals surface area contributed by atoms with Crippen molar-refractivity contribution in [3.05, 3.63) is 48.7 Å². The zero-order chi connectivity index (χ0) is 17.2. The summed E-state index contributed by atoms with van der Waals surface area (Å²) in [5.74, 6) is -0.211. The summed E-state index contributed by atoms with van der Waals surface area (Å²) in [5, 5.41) is 10.2. The van der Waals surface area contributed by atoms with Gasteiger partial charge in [0.2, 0.25) is 5.91 Å². The van der Waals surface area contributed by atoms with E-state index >= 15 is 0 Å². The van der Waals surface area contributed by atoms with E-state index in [9.17, 15) is 13.2 Å². The normalized spacial score (nSPS) is 11.4. The number of anilines is 2. The van der Waals surface area contributed by atoms with Gasteiger partial charge in [-0.05, 0) is 42.5 Å². The summed E-state index contributed by atoms with van der Waals surface area (Å²) in [6, 6.07) is 11.0. The van der Waals surface area contributed by atoms with Crippen LogP contribution in [-0.2, 0) is 14.8 Å². The van der Waals surface area contributed by atoms with E-state index in [4.69, 9.17) is 0 Å². The molecular weight excluding hydrogens is 348 g/mol. The Bertz CT molecular complexity index is 981. The first-order valence-electron chi connectivity index (χ1n) is 6.95.